The molecule has 7 heteroatoms. The molecule has 3 aromatic rings. The molecule has 1 aromatic heterocycles. The molecule has 3 rings (SSSR count). The first-order valence-electron chi connectivity index (χ1n) is 8.74. The molecule has 0 saturated carbocycles. The summed E-state index contributed by atoms with van der Waals surface area (Å²) in [5, 5.41) is 12.2. The van der Waals surface area contributed by atoms with Crippen LogP contribution < -0.4 is 10.9 Å². The Kier molecular flexibility index (Phi) is 5.91. The fourth-order valence-electron chi connectivity index (χ4n) is 2.77. The van der Waals surface area contributed by atoms with Gasteiger partial charge in [-0.1, -0.05) is 35.9 Å². The van der Waals surface area contributed by atoms with Crippen molar-refractivity contribution in [3.05, 3.63) is 92.1 Å². The Morgan fingerprint density at radius 1 is 1.24 bits per heavy atom. The number of nitrogens with one attached hydrogen (secondary N) is 2. The van der Waals surface area contributed by atoms with Gasteiger partial charge in [0.05, 0.1) is 16.3 Å². The summed E-state index contributed by atoms with van der Waals surface area (Å²) in [6.07, 6.45) is 1.83. The van der Waals surface area contributed by atoms with Crippen LogP contribution in [0.3, 0.4) is 0 Å². The van der Waals surface area contributed by atoms with E-state index in [4.69, 9.17) is 16.9 Å². The maximum atomic E-state index is 12.4. The van der Waals surface area contributed by atoms with E-state index in [-0.39, 0.29) is 11.5 Å². The molecule has 0 spiro atoms. The maximum Gasteiger partial charge on any atom is 0.269 e. The Balaban J connectivity index is 1.86. The number of carbonyl (C=O) groups excluding carboxylic acids is 1. The van der Waals surface area contributed by atoms with Gasteiger partial charge in [0.2, 0.25) is 0 Å². The molecule has 2 aromatic carbocycles. The summed E-state index contributed by atoms with van der Waals surface area (Å²) in [5.41, 5.74) is 2.43. The fraction of sp³-hybridized carbons (Fsp3) is 0.0909. The highest BCUT2D eigenvalue weighted by molar-refractivity contribution is 6.34. The molecule has 6 nitrogen and oxygen atoms in total. The van der Waals surface area contributed by atoms with Gasteiger partial charge in [0, 0.05) is 5.69 Å². The lowest BCUT2D eigenvalue weighted by Gasteiger charge is -2.08. The molecule has 0 aliphatic rings. The first kappa shape index (κ1) is 20.1. The molecule has 144 valence electrons. The van der Waals surface area contributed by atoms with Crippen molar-refractivity contribution in [1.82, 2.24) is 9.97 Å². The van der Waals surface area contributed by atoms with Gasteiger partial charge in [-0.25, -0.2) is 4.98 Å². The van der Waals surface area contributed by atoms with Crippen molar-refractivity contribution in [1.29, 1.82) is 5.26 Å². The third-order valence-corrected chi connectivity index (χ3v) is 4.56. The van der Waals surface area contributed by atoms with Gasteiger partial charge in [-0.15, -0.1) is 0 Å². The number of halogens is 1. The standard InChI is InChI=1S/C22H17ClN4O2/c1-13(20-25-14(2)18(12-24)22(29)27-20)10-15-6-5-7-16(11-15)26-21(28)17-8-3-4-9-19(17)23/h3-11H,1-2H3,(H,26,28)(H,25,27,29)/b13-10+. The van der Waals surface area contributed by atoms with Crippen molar-refractivity contribution < 1.29 is 4.79 Å². The number of aromatic nitrogens is 2. The van der Waals surface area contributed by atoms with Crippen LogP contribution in [0.4, 0.5) is 5.69 Å². The first-order valence-corrected chi connectivity index (χ1v) is 9.12. The number of anilines is 1. The molecule has 0 fully saturated rings. The summed E-state index contributed by atoms with van der Waals surface area (Å²) in [7, 11) is 0. The number of hydrogen-bond donors (Lipinski definition) is 2. The Bertz CT molecular complexity index is 1220. The second-order valence-corrected chi connectivity index (χ2v) is 6.78. The Morgan fingerprint density at radius 2 is 2.00 bits per heavy atom. The van der Waals surface area contributed by atoms with Crippen LogP contribution in [0, 0.1) is 18.3 Å². The van der Waals surface area contributed by atoms with E-state index < -0.39 is 5.56 Å². The number of nitriles is 1. The zero-order valence-corrected chi connectivity index (χ0v) is 16.5. The monoisotopic (exact) mass is 404 g/mol. The number of aryl methyl sites for hydroxylation is 1. The van der Waals surface area contributed by atoms with Crippen molar-refractivity contribution >= 4 is 34.8 Å². The zero-order chi connectivity index (χ0) is 21.0. The molecular weight excluding hydrogens is 388 g/mol. The molecule has 0 unspecified atom stereocenters. The number of allylic oxidation sites excluding steroid dienone is 1. The van der Waals surface area contributed by atoms with Gasteiger partial charge in [-0.2, -0.15) is 5.26 Å². The van der Waals surface area contributed by atoms with E-state index >= 15 is 0 Å². The second kappa shape index (κ2) is 8.55. The van der Waals surface area contributed by atoms with Gasteiger partial charge in [-0.3, -0.25) is 9.59 Å². The molecular formula is C22H17ClN4O2. The maximum absolute atomic E-state index is 12.4. The van der Waals surface area contributed by atoms with Crippen LogP contribution >= 0.6 is 11.6 Å². The normalized spacial score (nSPS) is 11.0. The minimum atomic E-state index is -0.469. The molecule has 2 N–H and O–H groups in total. The Morgan fingerprint density at radius 3 is 2.69 bits per heavy atom. The van der Waals surface area contributed by atoms with Crippen LogP contribution in [0.5, 0.6) is 0 Å². The van der Waals surface area contributed by atoms with Crippen molar-refractivity contribution in [2.45, 2.75) is 13.8 Å². The smallest absolute Gasteiger partial charge is 0.269 e. The predicted molar refractivity (Wildman–Crippen MR) is 114 cm³/mol. The molecule has 0 aliphatic carbocycles. The lowest BCUT2D eigenvalue weighted by Crippen LogP contribution is -2.16. The summed E-state index contributed by atoms with van der Waals surface area (Å²) < 4.78 is 0. The van der Waals surface area contributed by atoms with Crippen LogP contribution in [0.25, 0.3) is 11.6 Å². The Hall–Kier alpha value is -3.69. The van der Waals surface area contributed by atoms with Crippen molar-refractivity contribution in [3.63, 3.8) is 0 Å². The molecule has 29 heavy (non-hydrogen) atoms. The molecule has 1 heterocycles. The SMILES string of the molecule is C/C(=C\c1cccc(NC(=O)c2ccccc2Cl)c1)c1nc(C)c(C#N)c(=O)[nH]1. The summed E-state index contributed by atoms with van der Waals surface area (Å²) in [6, 6.07) is 15.9. The number of aromatic amines is 1. The molecule has 0 aliphatic heterocycles. The zero-order valence-electron chi connectivity index (χ0n) is 15.8. The van der Waals surface area contributed by atoms with E-state index in [0.29, 0.717) is 33.4 Å². The van der Waals surface area contributed by atoms with Gasteiger partial charge in [0.1, 0.15) is 17.5 Å². The van der Waals surface area contributed by atoms with Crippen LogP contribution in [0.1, 0.15) is 39.9 Å². The molecule has 0 atom stereocenters. The summed E-state index contributed by atoms with van der Waals surface area (Å²) in [6.45, 7) is 3.42. The van der Waals surface area contributed by atoms with Gasteiger partial charge >= 0.3 is 0 Å². The highest BCUT2D eigenvalue weighted by Gasteiger charge is 2.11. The third kappa shape index (κ3) is 4.60. The number of benzene rings is 2. The van der Waals surface area contributed by atoms with Crippen LogP contribution in [0.15, 0.2) is 53.3 Å². The number of carbonyl (C=O) groups is 1. The number of hydrogen-bond acceptors (Lipinski definition) is 4. The fourth-order valence-corrected chi connectivity index (χ4v) is 2.99. The lowest BCUT2D eigenvalue weighted by atomic mass is 10.1. The lowest BCUT2D eigenvalue weighted by molar-refractivity contribution is 0.102. The summed E-state index contributed by atoms with van der Waals surface area (Å²) >= 11 is 6.07. The van der Waals surface area contributed by atoms with Crippen LogP contribution in [-0.2, 0) is 0 Å². The van der Waals surface area contributed by atoms with E-state index in [1.54, 1.807) is 50.2 Å². The topological polar surface area (TPSA) is 98.6 Å². The Labute approximate surface area is 172 Å². The van der Waals surface area contributed by atoms with Crippen LogP contribution in [0.2, 0.25) is 5.02 Å². The highest BCUT2D eigenvalue weighted by Crippen LogP contribution is 2.20. The van der Waals surface area contributed by atoms with E-state index in [1.165, 1.54) is 0 Å². The predicted octanol–water partition coefficient (Wildman–Crippen LogP) is 4.42. The average Bonchev–Trinajstić information content (AvgIpc) is 2.68. The third-order valence-electron chi connectivity index (χ3n) is 4.23. The molecule has 1 amide bonds. The van der Waals surface area contributed by atoms with Crippen molar-refractivity contribution in [2.24, 2.45) is 0 Å². The average molecular weight is 405 g/mol. The molecule has 0 saturated heterocycles. The van der Waals surface area contributed by atoms with Gasteiger partial charge in [-0.05, 0) is 55.3 Å². The quantitative estimate of drug-likeness (QED) is 0.672. The van der Waals surface area contributed by atoms with Gasteiger partial charge < -0.3 is 10.3 Å². The van der Waals surface area contributed by atoms with E-state index in [2.05, 4.69) is 15.3 Å². The van der Waals surface area contributed by atoms with Crippen LogP contribution in [-0.4, -0.2) is 15.9 Å². The summed E-state index contributed by atoms with van der Waals surface area (Å²) in [5.74, 6) is 0.0826. The number of nitrogens with zero attached hydrogens (tertiary/aromatic N) is 2. The van der Waals surface area contributed by atoms with E-state index in [0.717, 1.165) is 5.56 Å². The largest absolute Gasteiger partial charge is 0.322 e. The van der Waals surface area contributed by atoms with Crippen molar-refractivity contribution in [2.75, 3.05) is 5.32 Å². The summed E-state index contributed by atoms with van der Waals surface area (Å²) in [4.78, 5) is 31.3. The van der Waals surface area contributed by atoms with Crippen molar-refractivity contribution in [3.8, 4) is 6.07 Å². The van der Waals surface area contributed by atoms with E-state index in [1.807, 2.05) is 24.3 Å². The first-order chi connectivity index (χ1) is 13.9. The molecule has 0 radical (unpaired) electrons. The minimum absolute atomic E-state index is 0.00540. The number of amides is 1. The highest BCUT2D eigenvalue weighted by atomic mass is 35.5. The second-order valence-electron chi connectivity index (χ2n) is 6.37. The number of H-pyrrole nitrogens is 1. The number of rotatable bonds is 4. The molecule has 0 bridgehead atoms. The van der Waals surface area contributed by atoms with E-state index in [9.17, 15) is 9.59 Å². The van der Waals surface area contributed by atoms with Gasteiger partial charge in [0.15, 0.2) is 0 Å². The van der Waals surface area contributed by atoms with Gasteiger partial charge in [0.25, 0.3) is 11.5 Å². The minimum Gasteiger partial charge on any atom is -0.322 e.